The molecule has 0 bridgehead atoms. The number of anilines is 1. The smallest absolute Gasteiger partial charge is 0.319 e. The van der Waals surface area contributed by atoms with E-state index in [4.69, 9.17) is 16.7 Å². The van der Waals surface area contributed by atoms with Gasteiger partial charge in [-0.15, -0.1) is 0 Å². The van der Waals surface area contributed by atoms with E-state index in [-0.39, 0.29) is 0 Å². The van der Waals surface area contributed by atoms with Gasteiger partial charge in [-0.05, 0) is 25.0 Å². The summed E-state index contributed by atoms with van der Waals surface area (Å²) in [5, 5.41) is 14.4. The second-order valence-electron chi connectivity index (χ2n) is 4.35. The third-order valence-electron chi connectivity index (χ3n) is 2.72. The van der Waals surface area contributed by atoms with Crippen LogP contribution in [0.1, 0.15) is 18.9 Å². The van der Waals surface area contributed by atoms with Gasteiger partial charge < -0.3 is 15.7 Å². The normalized spacial score (nSPS) is 11.7. The number of carbonyl (C=O) groups excluding carboxylic acids is 1. The highest BCUT2D eigenvalue weighted by Crippen LogP contribution is 2.24. The Labute approximate surface area is 117 Å². The second kappa shape index (κ2) is 6.99. The molecule has 2 amide bonds. The van der Waals surface area contributed by atoms with Crippen LogP contribution in [0, 0.1) is 12.8 Å². The number of aliphatic carboxylic acids is 1. The lowest BCUT2D eigenvalue weighted by Gasteiger charge is -2.11. The van der Waals surface area contributed by atoms with Gasteiger partial charge in [0.2, 0.25) is 0 Å². The second-order valence-corrected chi connectivity index (χ2v) is 4.72. The van der Waals surface area contributed by atoms with E-state index >= 15 is 0 Å². The van der Waals surface area contributed by atoms with Crippen LogP contribution in [-0.4, -0.2) is 23.7 Å². The zero-order chi connectivity index (χ0) is 14.4. The molecule has 0 saturated heterocycles. The fourth-order valence-corrected chi connectivity index (χ4v) is 1.61. The number of aryl methyl sites for hydroxylation is 1. The molecule has 1 aromatic carbocycles. The Kier molecular flexibility index (Phi) is 5.63. The Hall–Kier alpha value is -1.75. The van der Waals surface area contributed by atoms with Crippen LogP contribution in [0.15, 0.2) is 18.2 Å². The van der Waals surface area contributed by atoms with Gasteiger partial charge in [-0.2, -0.15) is 0 Å². The minimum atomic E-state index is -0.871. The van der Waals surface area contributed by atoms with Gasteiger partial charge in [0.15, 0.2) is 0 Å². The molecular weight excluding hydrogens is 268 g/mol. The first-order valence-corrected chi connectivity index (χ1v) is 6.32. The number of urea groups is 1. The molecule has 0 aromatic heterocycles. The first-order valence-electron chi connectivity index (χ1n) is 5.94. The maximum Gasteiger partial charge on any atom is 0.319 e. The van der Waals surface area contributed by atoms with Crippen molar-refractivity contribution < 1.29 is 14.7 Å². The van der Waals surface area contributed by atoms with Crippen molar-refractivity contribution >= 4 is 29.3 Å². The van der Waals surface area contributed by atoms with Crippen LogP contribution < -0.4 is 10.6 Å². The van der Waals surface area contributed by atoms with E-state index in [1.54, 1.807) is 19.1 Å². The Morgan fingerprint density at radius 1 is 1.42 bits per heavy atom. The SMILES string of the molecule is Cc1cccc(NC(=O)NCCC(C)C(=O)O)c1Cl. The van der Waals surface area contributed by atoms with Gasteiger partial charge in [0, 0.05) is 6.54 Å². The number of carboxylic acids is 1. The van der Waals surface area contributed by atoms with E-state index in [1.807, 2.05) is 13.0 Å². The van der Waals surface area contributed by atoms with E-state index in [2.05, 4.69) is 10.6 Å². The number of hydrogen-bond donors (Lipinski definition) is 3. The summed E-state index contributed by atoms with van der Waals surface area (Å²) >= 11 is 6.04. The van der Waals surface area contributed by atoms with Gasteiger partial charge in [-0.1, -0.05) is 30.7 Å². The van der Waals surface area contributed by atoms with Crippen LogP contribution in [0.4, 0.5) is 10.5 Å². The molecule has 0 fully saturated rings. The lowest BCUT2D eigenvalue weighted by atomic mass is 10.1. The molecule has 0 aliphatic heterocycles. The first-order chi connectivity index (χ1) is 8.91. The van der Waals surface area contributed by atoms with Gasteiger partial charge in [0.25, 0.3) is 0 Å². The highest BCUT2D eigenvalue weighted by Gasteiger charge is 2.11. The predicted octanol–water partition coefficient (Wildman–Crippen LogP) is 2.88. The maximum atomic E-state index is 11.6. The summed E-state index contributed by atoms with van der Waals surface area (Å²) in [5.74, 6) is -1.35. The number of carboxylic acid groups (broad SMARTS) is 1. The molecule has 1 atom stereocenters. The van der Waals surface area contributed by atoms with Gasteiger partial charge in [-0.3, -0.25) is 4.79 Å². The highest BCUT2D eigenvalue weighted by molar-refractivity contribution is 6.34. The number of halogens is 1. The van der Waals surface area contributed by atoms with Gasteiger partial charge in [0.1, 0.15) is 0 Å². The number of rotatable bonds is 5. The van der Waals surface area contributed by atoms with Crippen LogP contribution in [0.3, 0.4) is 0 Å². The van der Waals surface area contributed by atoms with E-state index in [9.17, 15) is 9.59 Å². The van der Waals surface area contributed by atoms with Crippen LogP contribution in [0.25, 0.3) is 0 Å². The quantitative estimate of drug-likeness (QED) is 0.778. The molecule has 104 valence electrons. The number of hydrogen-bond acceptors (Lipinski definition) is 2. The summed E-state index contributed by atoms with van der Waals surface area (Å²) < 4.78 is 0. The number of carbonyl (C=O) groups is 2. The number of amides is 2. The molecule has 0 aliphatic rings. The van der Waals surface area contributed by atoms with Crippen molar-refractivity contribution in [3.63, 3.8) is 0 Å². The van der Waals surface area contributed by atoms with Gasteiger partial charge in [0.05, 0.1) is 16.6 Å². The van der Waals surface area contributed by atoms with Crippen LogP contribution in [-0.2, 0) is 4.79 Å². The van der Waals surface area contributed by atoms with Crippen molar-refractivity contribution in [1.29, 1.82) is 0 Å². The molecular formula is C13H17ClN2O3. The molecule has 0 saturated carbocycles. The molecule has 0 radical (unpaired) electrons. The minimum Gasteiger partial charge on any atom is -0.481 e. The Balaban J connectivity index is 2.43. The van der Waals surface area contributed by atoms with Crippen molar-refractivity contribution in [1.82, 2.24) is 5.32 Å². The topological polar surface area (TPSA) is 78.4 Å². The van der Waals surface area contributed by atoms with E-state index in [1.165, 1.54) is 0 Å². The molecule has 6 heteroatoms. The summed E-state index contributed by atoms with van der Waals surface area (Å²) in [5.41, 5.74) is 1.41. The van der Waals surface area contributed by atoms with Crippen molar-refractivity contribution in [2.45, 2.75) is 20.3 Å². The zero-order valence-electron chi connectivity index (χ0n) is 10.9. The van der Waals surface area contributed by atoms with Crippen molar-refractivity contribution in [3.8, 4) is 0 Å². The molecule has 19 heavy (non-hydrogen) atoms. The average Bonchev–Trinajstić information content (AvgIpc) is 2.34. The lowest BCUT2D eigenvalue weighted by Crippen LogP contribution is -2.31. The third kappa shape index (κ3) is 4.79. The lowest BCUT2D eigenvalue weighted by molar-refractivity contribution is -0.141. The van der Waals surface area contributed by atoms with E-state index < -0.39 is 17.9 Å². The van der Waals surface area contributed by atoms with Crippen molar-refractivity contribution in [3.05, 3.63) is 28.8 Å². The monoisotopic (exact) mass is 284 g/mol. The van der Waals surface area contributed by atoms with E-state index in [0.717, 1.165) is 5.56 Å². The average molecular weight is 285 g/mol. The Morgan fingerprint density at radius 2 is 2.11 bits per heavy atom. The molecule has 3 N–H and O–H groups in total. The molecule has 1 aromatic rings. The molecule has 0 heterocycles. The van der Waals surface area contributed by atoms with Crippen molar-refractivity contribution in [2.75, 3.05) is 11.9 Å². The van der Waals surface area contributed by atoms with E-state index in [0.29, 0.717) is 23.7 Å². The summed E-state index contributed by atoms with van der Waals surface area (Å²) in [6, 6.07) is 4.95. The molecule has 0 aliphatic carbocycles. The van der Waals surface area contributed by atoms with Crippen LogP contribution >= 0.6 is 11.6 Å². The third-order valence-corrected chi connectivity index (χ3v) is 3.23. The molecule has 1 unspecified atom stereocenters. The van der Waals surface area contributed by atoms with Gasteiger partial charge in [-0.25, -0.2) is 4.79 Å². The summed E-state index contributed by atoms with van der Waals surface area (Å²) in [6.45, 7) is 3.74. The largest absolute Gasteiger partial charge is 0.481 e. The van der Waals surface area contributed by atoms with Gasteiger partial charge >= 0.3 is 12.0 Å². The maximum absolute atomic E-state index is 11.6. The van der Waals surface area contributed by atoms with Crippen LogP contribution in [0.2, 0.25) is 5.02 Å². The summed E-state index contributed by atoms with van der Waals surface area (Å²) in [7, 11) is 0. The van der Waals surface area contributed by atoms with Crippen LogP contribution in [0.5, 0.6) is 0 Å². The highest BCUT2D eigenvalue weighted by atomic mass is 35.5. The zero-order valence-corrected chi connectivity index (χ0v) is 11.6. The summed E-state index contributed by atoms with van der Waals surface area (Å²) in [6.07, 6.45) is 0.379. The molecule has 1 rings (SSSR count). The Bertz CT molecular complexity index is 477. The minimum absolute atomic E-state index is 0.294. The Morgan fingerprint density at radius 3 is 2.74 bits per heavy atom. The molecule has 0 spiro atoms. The standard InChI is InChI=1S/C13H17ClN2O3/c1-8-4-3-5-10(11(8)14)16-13(19)15-7-6-9(2)12(17)18/h3-5,9H,6-7H2,1-2H3,(H,17,18)(H2,15,16,19). The predicted molar refractivity (Wildman–Crippen MR) is 74.6 cm³/mol. The summed E-state index contributed by atoms with van der Waals surface area (Å²) in [4.78, 5) is 22.2. The number of nitrogens with one attached hydrogen (secondary N) is 2. The fourth-order valence-electron chi connectivity index (χ4n) is 1.44. The van der Waals surface area contributed by atoms with Crippen molar-refractivity contribution in [2.24, 2.45) is 5.92 Å². The number of benzene rings is 1. The molecule has 5 nitrogen and oxygen atoms in total. The first kappa shape index (κ1) is 15.3. The fraction of sp³-hybridized carbons (Fsp3) is 0.385.